The summed E-state index contributed by atoms with van der Waals surface area (Å²) in [6.45, 7) is 2.84. The van der Waals surface area contributed by atoms with Gasteiger partial charge in [-0.25, -0.2) is 4.98 Å². The summed E-state index contributed by atoms with van der Waals surface area (Å²) >= 11 is 0. The van der Waals surface area contributed by atoms with Crippen molar-refractivity contribution in [3.05, 3.63) is 58.3 Å². The number of anilines is 1. The molecule has 1 aromatic carbocycles. The maximum Gasteiger partial charge on any atom is 0.287 e. The van der Waals surface area contributed by atoms with E-state index in [9.17, 15) is 10.1 Å². The first-order valence-corrected chi connectivity index (χ1v) is 7.31. The second-order valence-electron chi connectivity index (χ2n) is 4.80. The van der Waals surface area contributed by atoms with Crippen LogP contribution in [0.15, 0.2) is 47.7 Å². The molecule has 1 heterocycles. The van der Waals surface area contributed by atoms with Gasteiger partial charge < -0.3 is 4.74 Å². The molecule has 0 unspecified atom stereocenters. The topological polar surface area (TPSA) is 89.6 Å². The molecule has 2 rings (SSSR count). The Bertz CT molecular complexity index is 654. The number of ether oxygens (including phenoxy) is 1. The fourth-order valence-electron chi connectivity index (χ4n) is 1.72. The molecule has 23 heavy (non-hydrogen) atoms. The number of benzene rings is 1. The van der Waals surface area contributed by atoms with Crippen LogP contribution in [0.25, 0.3) is 0 Å². The van der Waals surface area contributed by atoms with E-state index in [2.05, 4.69) is 22.4 Å². The largest absolute Gasteiger partial charge is 0.494 e. The molecule has 7 nitrogen and oxygen atoms in total. The standard InChI is InChI=1S/C16H18N4O3/c1-2-3-10-23-15-7-4-13(5-8-15)11-18-19-16-9-6-14(12-17-16)20(21)22/h4-9,11-12H,2-3,10H2,1H3,(H,17,19)/b18-11-. The van der Waals surface area contributed by atoms with Gasteiger partial charge in [0.05, 0.1) is 17.7 Å². The van der Waals surface area contributed by atoms with E-state index in [4.69, 9.17) is 4.74 Å². The molecule has 0 atom stereocenters. The normalized spacial score (nSPS) is 10.7. The Morgan fingerprint density at radius 3 is 2.70 bits per heavy atom. The molecule has 0 bridgehead atoms. The van der Waals surface area contributed by atoms with E-state index in [1.807, 2.05) is 24.3 Å². The lowest BCUT2D eigenvalue weighted by Crippen LogP contribution is -1.97. The molecule has 0 aliphatic rings. The van der Waals surface area contributed by atoms with Crippen LogP contribution < -0.4 is 10.2 Å². The molecule has 1 N–H and O–H groups in total. The van der Waals surface area contributed by atoms with E-state index >= 15 is 0 Å². The molecular formula is C16H18N4O3. The van der Waals surface area contributed by atoms with Crippen molar-refractivity contribution in [1.29, 1.82) is 0 Å². The smallest absolute Gasteiger partial charge is 0.287 e. The van der Waals surface area contributed by atoms with Gasteiger partial charge in [0.1, 0.15) is 17.8 Å². The zero-order valence-electron chi connectivity index (χ0n) is 12.8. The number of rotatable bonds is 8. The predicted molar refractivity (Wildman–Crippen MR) is 89.0 cm³/mol. The van der Waals surface area contributed by atoms with Crippen LogP contribution in [-0.2, 0) is 0 Å². The van der Waals surface area contributed by atoms with Crippen LogP contribution in [0.1, 0.15) is 25.3 Å². The average Bonchev–Trinajstić information content (AvgIpc) is 2.57. The van der Waals surface area contributed by atoms with Crippen LogP contribution in [0, 0.1) is 10.1 Å². The van der Waals surface area contributed by atoms with Crippen LogP contribution in [0.2, 0.25) is 0 Å². The molecular weight excluding hydrogens is 296 g/mol. The Morgan fingerprint density at radius 2 is 2.09 bits per heavy atom. The summed E-state index contributed by atoms with van der Waals surface area (Å²) in [7, 11) is 0. The molecule has 0 radical (unpaired) electrons. The fraction of sp³-hybridized carbons (Fsp3) is 0.250. The molecule has 0 aliphatic heterocycles. The van der Waals surface area contributed by atoms with Crippen LogP contribution in [0.3, 0.4) is 0 Å². The zero-order chi connectivity index (χ0) is 16.5. The van der Waals surface area contributed by atoms with Crippen LogP contribution >= 0.6 is 0 Å². The van der Waals surface area contributed by atoms with Gasteiger partial charge in [-0.3, -0.25) is 15.5 Å². The van der Waals surface area contributed by atoms with Gasteiger partial charge in [0.25, 0.3) is 5.69 Å². The van der Waals surface area contributed by atoms with Crippen LogP contribution in [-0.4, -0.2) is 22.7 Å². The SMILES string of the molecule is CCCCOc1ccc(/C=N\Nc2ccc([N+](=O)[O-])cn2)cc1. The molecule has 2 aromatic rings. The number of hydrogen-bond acceptors (Lipinski definition) is 6. The van der Waals surface area contributed by atoms with Gasteiger partial charge in [-0.2, -0.15) is 5.10 Å². The Kier molecular flexibility index (Phi) is 6.05. The van der Waals surface area contributed by atoms with E-state index in [0.29, 0.717) is 5.82 Å². The minimum absolute atomic E-state index is 0.0572. The summed E-state index contributed by atoms with van der Waals surface area (Å²) in [4.78, 5) is 13.9. The van der Waals surface area contributed by atoms with Crippen LogP contribution in [0.5, 0.6) is 5.75 Å². The third-order valence-corrected chi connectivity index (χ3v) is 3.00. The van der Waals surface area contributed by atoms with Crippen molar-refractivity contribution in [1.82, 2.24) is 4.98 Å². The first kappa shape index (κ1) is 16.4. The van der Waals surface area contributed by atoms with Crippen molar-refractivity contribution < 1.29 is 9.66 Å². The third-order valence-electron chi connectivity index (χ3n) is 3.00. The minimum Gasteiger partial charge on any atom is -0.494 e. The first-order chi connectivity index (χ1) is 11.2. The molecule has 0 spiro atoms. The summed E-state index contributed by atoms with van der Waals surface area (Å²) < 4.78 is 5.58. The van der Waals surface area contributed by atoms with Crippen molar-refractivity contribution >= 4 is 17.7 Å². The summed E-state index contributed by atoms with van der Waals surface area (Å²) in [5, 5.41) is 14.6. The van der Waals surface area contributed by atoms with Crippen molar-refractivity contribution in [3.63, 3.8) is 0 Å². The molecule has 0 fully saturated rings. The molecule has 0 aliphatic carbocycles. The predicted octanol–water partition coefficient (Wildman–Crippen LogP) is 3.61. The second kappa shape index (κ2) is 8.47. The highest BCUT2D eigenvalue weighted by Crippen LogP contribution is 2.13. The monoisotopic (exact) mass is 314 g/mol. The van der Waals surface area contributed by atoms with E-state index in [1.54, 1.807) is 6.21 Å². The van der Waals surface area contributed by atoms with Gasteiger partial charge in [0.2, 0.25) is 0 Å². The Hall–Kier alpha value is -2.96. The Morgan fingerprint density at radius 1 is 1.30 bits per heavy atom. The zero-order valence-corrected chi connectivity index (χ0v) is 12.8. The number of nitro groups is 1. The number of nitrogens with one attached hydrogen (secondary N) is 1. The number of pyridine rings is 1. The van der Waals surface area contributed by atoms with Crippen molar-refractivity contribution in [2.75, 3.05) is 12.0 Å². The highest BCUT2D eigenvalue weighted by Gasteiger charge is 2.04. The number of nitrogens with zero attached hydrogens (tertiary/aromatic N) is 3. The van der Waals surface area contributed by atoms with E-state index in [0.717, 1.165) is 30.8 Å². The summed E-state index contributed by atoms with van der Waals surface area (Å²) in [6.07, 6.45) is 4.96. The summed E-state index contributed by atoms with van der Waals surface area (Å²) in [5.74, 6) is 1.27. The second-order valence-corrected chi connectivity index (χ2v) is 4.80. The van der Waals surface area contributed by atoms with Gasteiger partial charge in [-0.15, -0.1) is 0 Å². The van der Waals surface area contributed by atoms with Crippen molar-refractivity contribution in [3.8, 4) is 5.75 Å². The lowest BCUT2D eigenvalue weighted by atomic mass is 10.2. The molecule has 0 saturated carbocycles. The first-order valence-electron chi connectivity index (χ1n) is 7.31. The maximum absolute atomic E-state index is 10.5. The molecule has 120 valence electrons. The lowest BCUT2D eigenvalue weighted by molar-refractivity contribution is -0.385. The lowest BCUT2D eigenvalue weighted by Gasteiger charge is -2.04. The van der Waals surface area contributed by atoms with E-state index in [1.165, 1.54) is 18.3 Å². The van der Waals surface area contributed by atoms with E-state index < -0.39 is 4.92 Å². The molecule has 7 heteroatoms. The van der Waals surface area contributed by atoms with Gasteiger partial charge in [-0.05, 0) is 42.3 Å². The summed E-state index contributed by atoms with van der Waals surface area (Å²) in [6, 6.07) is 10.4. The van der Waals surface area contributed by atoms with Gasteiger partial charge >= 0.3 is 0 Å². The Balaban J connectivity index is 1.86. The summed E-state index contributed by atoms with van der Waals surface area (Å²) in [5.41, 5.74) is 3.57. The highest BCUT2D eigenvalue weighted by molar-refractivity contribution is 5.80. The van der Waals surface area contributed by atoms with Gasteiger partial charge in [0, 0.05) is 6.07 Å². The molecule has 0 saturated heterocycles. The van der Waals surface area contributed by atoms with Gasteiger partial charge in [0.15, 0.2) is 0 Å². The van der Waals surface area contributed by atoms with Crippen molar-refractivity contribution in [2.24, 2.45) is 5.10 Å². The molecule has 0 amide bonds. The van der Waals surface area contributed by atoms with Crippen molar-refractivity contribution in [2.45, 2.75) is 19.8 Å². The number of aromatic nitrogens is 1. The maximum atomic E-state index is 10.5. The number of hydrogen-bond donors (Lipinski definition) is 1. The highest BCUT2D eigenvalue weighted by atomic mass is 16.6. The quantitative estimate of drug-likeness (QED) is 0.348. The van der Waals surface area contributed by atoms with E-state index in [-0.39, 0.29) is 5.69 Å². The minimum atomic E-state index is -0.496. The third kappa shape index (κ3) is 5.39. The number of unbranched alkanes of at least 4 members (excludes halogenated alkanes) is 1. The van der Waals surface area contributed by atoms with Crippen LogP contribution in [0.4, 0.5) is 11.5 Å². The van der Waals surface area contributed by atoms with Gasteiger partial charge in [-0.1, -0.05) is 13.3 Å². The average molecular weight is 314 g/mol. The fourth-order valence-corrected chi connectivity index (χ4v) is 1.72. The number of hydrazone groups is 1. The molecule has 1 aromatic heterocycles. The Labute approximate surface area is 134 Å².